The zero-order valence-corrected chi connectivity index (χ0v) is 8.01. The molecule has 0 spiro atoms. The van der Waals surface area contributed by atoms with Crippen molar-refractivity contribution in [2.24, 2.45) is 0 Å². The van der Waals surface area contributed by atoms with Gasteiger partial charge in [-0.25, -0.2) is 0 Å². The van der Waals surface area contributed by atoms with Crippen LogP contribution < -0.4 is 0 Å². The van der Waals surface area contributed by atoms with Crippen LogP contribution in [0.1, 0.15) is 11.1 Å². The first-order chi connectivity index (χ1) is 6.38. The lowest BCUT2D eigenvalue weighted by Crippen LogP contribution is -1.87. The minimum Gasteiger partial charge on any atom is -0.198 e. The van der Waals surface area contributed by atoms with E-state index >= 15 is 0 Å². The van der Waals surface area contributed by atoms with E-state index in [1.54, 1.807) is 0 Å². The largest absolute Gasteiger partial charge is 0.198 e. The Balaban J connectivity index is 2.99. The molecule has 0 fully saturated rings. The van der Waals surface area contributed by atoms with Crippen LogP contribution in [-0.4, -0.2) is 5.75 Å². The highest BCUT2D eigenvalue weighted by Gasteiger charge is 1.96. The van der Waals surface area contributed by atoms with Gasteiger partial charge in [0, 0.05) is 5.56 Å². The van der Waals surface area contributed by atoms with E-state index in [-0.39, 0.29) is 0 Å². The zero-order chi connectivity index (χ0) is 9.52. The quantitative estimate of drug-likeness (QED) is 0.528. The van der Waals surface area contributed by atoms with Crippen LogP contribution in [0, 0.1) is 23.2 Å². The first kappa shape index (κ1) is 9.71. The molecule has 0 saturated carbocycles. The molecule has 1 nitrogen and oxygen atoms in total. The van der Waals surface area contributed by atoms with E-state index in [0.717, 1.165) is 11.1 Å². The molecule has 0 aliphatic heterocycles. The fraction of sp³-hybridized carbons (Fsp3) is 0.182. The third kappa shape index (κ3) is 2.86. The van der Waals surface area contributed by atoms with E-state index in [4.69, 9.17) is 5.26 Å². The van der Waals surface area contributed by atoms with Crippen molar-refractivity contribution in [1.82, 2.24) is 0 Å². The molecule has 0 unspecified atom stereocenters. The summed E-state index contributed by atoms with van der Waals surface area (Å²) >= 11 is 4.00. The third-order valence-electron chi connectivity index (χ3n) is 1.59. The normalized spacial score (nSPS) is 8.31. The molecule has 0 N–H and O–H groups in total. The summed E-state index contributed by atoms with van der Waals surface area (Å²) in [6.45, 7) is 0. The van der Waals surface area contributed by atoms with Crippen LogP contribution >= 0.6 is 12.6 Å². The van der Waals surface area contributed by atoms with Crippen LogP contribution in [0.15, 0.2) is 24.3 Å². The van der Waals surface area contributed by atoms with Gasteiger partial charge in [-0.2, -0.15) is 17.9 Å². The highest BCUT2D eigenvalue weighted by molar-refractivity contribution is 7.80. The summed E-state index contributed by atoms with van der Waals surface area (Å²) in [6, 6.07) is 9.79. The lowest BCUT2D eigenvalue weighted by molar-refractivity contribution is 1.25. The van der Waals surface area contributed by atoms with Gasteiger partial charge in [-0.15, -0.1) is 0 Å². The lowest BCUT2D eigenvalue weighted by atomic mass is 10.1. The van der Waals surface area contributed by atoms with Crippen LogP contribution in [0.5, 0.6) is 0 Å². The van der Waals surface area contributed by atoms with Crippen LogP contribution in [0.4, 0.5) is 0 Å². The number of thiol groups is 1. The van der Waals surface area contributed by atoms with Gasteiger partial charge in [0.15, 0.2) is 0 Å². The van der Waals surface area contributed by atoms with E-state index in [0.29, 0.717) is 12.2 Å². The number of hydrogen-bond donors (Lipinski definition) is 1. The molecular formula is C11H9NS. The summed E-state index contributed by atoms with van der Waals surface area (Å²) in [7, 11) is 0. The zero-order valence-electron chi connectivity index (χ0n) is 7.12. The number of hydrogen-bond acceptors (Lipinski definition) is 2. The molecule has 1 rings (SSSR count). The smallest absolute Gasteiger partial charge is 0.0670 e. The Kier molecular flexibility index (Phi) is 3.96. The average Bonchev–Trinajstić information content (AvgIpc) is 2.17. The SMILES string of the molecule is N#CCc1ccccc1C#CCS. The summed E-state index contributed by atoms with van der Waals surface area (Å²) < 4.78 is 0. The van der Waals surface area contributed by atoms with Crippen molar-refractivity contribution < 1.29 is 0 Å². The molecule has 1 aromatic rings. The first-order valence-corrected chi connectivity index (χ1v) is 4.56. The maximum Gasteiger partial charge on any atom is 0.0670 e. The van der Waals surface area contributed by atoms with Crippen molar-refractivity contribution in [3.63, 3.8) is 0 Å². The van der Waals surface area contributed by atoms with Gasteiger partial charge in [0.2, 0.25) is 0 Å². The highest BCUT2D eigenvalue weighted by atomic mass is 32.1. The summed E-state index contributed by atoms with van der Waals surface area (Å²) in [5.74, 6) is 6.38. The number of rotatable bonds is 1. The highest BCUT2D eigenvalue weighted by Crippen LogP contribution is 2.07. The van der Waals surface area contributed by atoms with Crippen molar-refractivity contribution in [1.29, 1.82) is 5.26 Å². The second kappa shape index (κ2) is 5.30. The Morgan fingerprint density at radius 1 is 1.31 bits per heavy atom. The molecule has 0 amide bonds. The van der Waals surface area contributed by atoms with Crippen LogP contribution in [0.25, 0.3) is 0 Å². The summed E-state index contributed by atoms with van der Waals surface area (Å²) in [4.78, 5) is 0. The van der Waals surface area contributed by atoms with Crippen LogP contribution in [0.3, 0.4) is 0 Å². The van der Waals surface area contributed by atoms with Gasteiger partial charge in [-0.1, -0.05) is 30.0 Å². The molecule has 0 bridgehead atoms. The molecule has 0 aliphatic rings. The summed E-state index contributed by atoms with van der Waals surface area (Å²) in [5, 5.41) is 8.56. The van der Waals surface area contributed by atoms with Crippen LogP contribution in [0.2, 0.25) is 0 Å². The van der Waals surface area contributed by atoms with Gasteiger partial charge in [0.1, 0.15) is 0 Å². The van der Waals surface area contributed by atoms with E-state index in [1.165, 1.54) is 0 Å². The maximum atomic E-state index is 8.56. The van der Waals surface area contributed by atoms with E-state index in [1.807, 2.05) is 24.3 Å². The van der Waals surface area contributed by atoms with Gasteiger partial charge in [0.05, 0.1) is 18.2 Å². The van der Waals surface area contributed by atoms with Crippen molar-refractivity contribution in [3.05, 3.63) is 35.4 Å². The number of nitriles is 1. The number of nitrogens with zero attached hydrogens (tertiary/aromatic N) is 1. The van der Waals surface area contributed by atoms with E-state index in [9.17, 15) is 0 Å². The fourth-order valence-electron chi connectivity index (χ4n) is 1.02. The average molecular weight is 187 g/mol. The number of benzene rings is 1. The summed E-state index contributed by atoms with van der Waals surface area (Å²) in [5.41, 5.74) is 1.91. The van der Waals surface area contributed by atoms with Gasteiger partial charge in [-0.3, -0.25) is 0 Å². The Hall–Kier alpha value is -1.38. The van der Waals surface area contributed by atoms with Crippen molar-refractivity contribution >= 4 is 12.6 Å². The monoisotopic (exact) mass is 187 g/mol. The second-order valence-electron chi connectivity index (χ2n) is 2.45. The molecule has 1 aromatic carbocycles. The molecular weight excluding hydrogens is 178 g/mol. The maximum absolute atomic E-state index is 8.56. The minimum atomic E-state index is 0.414. The van der Waals surface area contributed by atoms with Gasteiger partial charge < -0.3 is 0 Å². The predicted octanol–water partition coefficient (Wildman–Crippen LogP) is 2.03. The van der Waals surface area contributed by atoms with Crippen molar-refractivity contribution in [2.45, 2.75) is 6.42 Å². The molecule has 2 heteroatoms. The Labute approximate surface area is 83.8 Å². The van der Waals surface area contributed by atoms with E-state index in [2.05, 4.69) is 30.5 Å². The summed E-state index contributed by atoms with van der Waals surface area (Å²) in [6.07, 6.45) is 0.414. The Bertz CT molecular complexity index is 379. The van der Waals surface area contributed by atoms with Crippen molar-refractivity contribution in [2.75, 3.05) is 5.75 Å². The predicted molar refractivity (Wildman–Crippen MR) is 56.5 cm³/mol. The third-order valence-corrected chi connectivity index (χ3v) is 1.75. The topological polar surface area (TPSA) is 23.8 Å². The van der Waals surface area contributed by atoms with Gasteiger partial charge in [-0.05, 0) is 11.6 Å². The molecule has 0 aromatic heterocycles. The van der Waals surface area contributed by atoms with E-state index < -0.39 is 0 Å². The molecule has 13 heavy (non-hydrogen) atoms. The molecule has 64 valence electrons. The lowest BCUT2D eigenvalue weighted by Gasteiger charge is -1.97. The molecule has 0 heterocycles. The minimum absolute atomic E-state index is 0.414. The van der Waals surface area contributed by atoms with Crippen molar-refractivity contribution in [3.8, 4) is 17.9 Å². The Morgan fingerprint density at radius 3 is 2.77 bits per heavy atom. The molecule has 0 radical (unpaired) electrons. The first-order valence-electron chi connectivity index (χ1n) is 3.93. The van der Waals surface area contributed by atoms with Crippen LogP contribution in [-0.2, 0) is 6.42 Å². The van der Waals surface area contributed by atoms with Gasteiger partial charge >= 0.3 is 0 Å². The van der Waals surface area contributed by atoms with Gasteiger partial charge in [0.25, 0.3) is 0 Å². The standard InChI is InChI=1S/C11H9NS/c12-8-7-11-5-2-1-4-10(11)6-3-9-13/h1-2,4-5,13H,7,9H2. The molecule has 0 saturated heterocycles. The molecule has 0 aliphatic carbocycles. The fourth-order valence-corrected chi connectivity index (χ4v) is 1.10. The Morgan fingerprint density at radius 2 is 2.08 bits per heavy atom. The second-order valence-corrected chi connectivity index (χ2v) is 2.77. The molecule has 0 atom stereocenters.